The van der Waals surface area contributed by atoms with Gasteiger partial charge in [0.1, 0.15) is 18.5 Å². The van der Waals surface area contributed by atoms with Crippen LogP contribution in [0.15, 0.2) is 78.4 Å². The molecule has 1 aliphatic rings. The molecule has 3 rings (SSSR count). The van der Waals surface area contributed by atoms with Crippen LogP contribution in [-0.4, -0.2) is 42.8 Å². The molecule has 1 N–H and O–H groups in total. The van der Waals surface area contributed by atoms with Gasteiger partial charge >= 0.3 is 5.97 Å². The zero-order chi connectivity index (χ0) is 35.2. The van der Waals surface area contributed by atoms with Crippen molar-refractivity contribution in [2.24, 2.45) is 0 Å². The third-order valence-corrected chi connectivity index (χ3v) is 9.33. The molecule has 0 bridgehead atoms. The number of nitrogens with one attached hydrogen (secondary N) is 1. The molecule has 0 aliphatic carbocycles. The van der Waals surface area contributed by atoms with E-state index in [9.17, 15) is 9.59 Å². The Kier molecular flexibility index (Phi) is 18.9. The minimum atomic E-state index is -0.320. The Hall–Kier alpha value is -3.38. The van der Waals surface area contributed by atoms with Gasteiger partial charge in [0.15, 0.2) is 0 Å². The van der Waals surface area contributed by atoms with E-state index in [1.54, 1.807) is 0 Å². The maximum absolute atomic E-state index is 12.8. The van der Waals surface area contributed by atoms with Gasteiger partial charge in [0, 0.05) is 24.9 Å². The highest BCUT2D eigenvalue weighted by atomic mass is 16.6. The molecule has 270 valence electrons. The molecule has 0 spiro atoms. The number of benzene rings is 2. The second kappa shape index (κ2) is 23.1. The van der Waals surface area contributed by atoms with E-state index < -0.39 is 0 Å². The van der Waals surface area contributed by atoms with Crippen molar-refractivity contribution in [3.8, 4) is 5.75 Å². The topological polar surface area (TPSA) is 77.2 Å². The van der Waals surface area contributed by atoms with Crippen LogP contribution in [-0.2, 0) is 20.7 Å². The third kappa shape index (κ3) is 17.2. The first-order valence-electron chi connectivity index (χ1n) is 19.0. The minimum absolute atomic E-state index is 0.0634. The van der Waals surface area contributed by atoms with Crippen LogP contribution in [0.2, 0.25) is 0 Å². The summed E-state index contributed by atoms with van der Waals surface area (Å²) < 4.78 is 17.8. The van der Waals surface area contributed by atoms with Gasteiger partial charge in [-0.05, 0) is 101 Å². The quantitative estimate of drug-likeness (QED) is 0.0465. The Bertz CT molecular complexity index is 1270. The van der Waals surface area contributed by atoms with Crippen molar-refractivity contribution < 1.29 is 23.8 Å². The zero-order valence-corrected chi connectivity index (χ0v) is 30.9. The van der Waals surface area contributed by atoms with Gasteiger partial charge in [-0.2, -0.15) is 0 Å². The van der Waals surface area contributed by atoms with Gasteiger partial charge in [0.2, 0.25) is 0 Å². The second-order valence-electron chi connectivity index (χ2n) is 14.0. The van der Waals surface area contributed by atoms with Gasteiger partial charge in [0.05, 0.1) is 11.7 Å². The highest BCUT2D eigenvalue weighted by molar-refractivity contribution is 5.94. The monoisotopic (exact) mass is 673 g/mol. The number of hydrogen-bond acceptors (Lipinski definition) is 5. The number of carbonyl (C=O) groups is 2. The molecule has 2 atom stereocenters. The summed E-state index contributed by atoms with van der Waals surface area (Å²) in [6.07, 6.45) is 24.4. The smallest absolute Gasteiger partial charge is 0.306 e. The van der Waals surface area contributed by atoms with Crippen molar-refractivity contribution in [2.75, 3.05) is 13.2 Å². The lowest BCUT2D eigenvalue weighted by Gasteiger charge is -2.19. The lowest BCUT2D eigenvalue weighted by molar-refractivity contribution is -0.147. The van der Waals surface area contributed by atoms with Crippen LogP contribution < -0.4 is 10.1 Å². The van der Waals surface area contributed by atoms with Crippen LogP contribution in [0.3, 0.4) is 0 Å². The van der Waals surface area contributed by atoms with Crippen LogP contribution in [0.5, 0.6) is 5.75 Å². The molecule has 1 amide bonds. The molecule has 49 heavy (non-hydrogen) atoms. The molecule has 0 saturated carbocycles. The number of hydrogen-bond donors (Lipinski definition) is 1. The summed E-state index contributed by atoms with van der Waals surface area (Å²) in [6, 6.07) is 17.2. The molecule has 1 fully saturated rings. The van der Waals surface area contributed by atoms with Crippen LogP contribution in [0.25, 0.3) is 0 Å². The fourth-order valence-electron chi connectivity index (χ4n) is 5.91. The zero-order valence-electron chi connectivity index (χ0n) is 30.9. The van der Waals surface area contributed by atoms with Crippen molar-refractivity contribution in [3.05, 3.63) is 89.5 Å². The molecule has 6 heteroatoms. The summed E-state index contributed by atoms with van der Waals surface area (Å²) in [5.41, 5.74) is 2.60. The molecule has 0 aromatic heterocycles. The predicted octanol–water partition coefficient (Wildman–Crippen LogP) is 10.5. The lowest BCUT2D eigenvalue weighted by Crippen LogP contribution is -2.25. The SMILES string of the molecule is CCCCCCCCC=CCCCCCCCC(=O)O[C@H](C[C@H]1OC1(C)C)/C(C)=C/COc1ccc(CCNC(=O)c2ccccc2)cc1. The van der Waals surface area contributed by atoms with E-state index in [0.717, 1.165) is 49.0 Å². The van der Waals surface area contributed by atoms with Gasteiger partial charge in [0.25, 0.3) is 5.91 Å². The van der Waals surface area contributed by atoms with E-state index in [-0.39, 0.29) is 29.7 Å². The summed E-state index contributed by atoms with van der Waals surface area (Å²) in [5.74, 6) is 0.572. The number of unbranched alkanes of at least 4 members (excludes halogenated alkanes) is 11. The summed E-state index contributed by atoms with van der Waals surface area (Å²) in [4.78, 5) is 25.1. The molecule has 0 radical (unpaired) electrons. The first kappa shape index (κ1) is 40.1. The second-order valence-corrected chi connectivity index (χ2v) is 14.0. The fraction of sp³-hybridized carbons (Fsp3) is 0.581. The Labute approximate surface area is 297 Å². The van der Waals surface area contributed by atoms with Crippen LogP contribution in [0.1, 0.15) is 140 Å². The van der Waals surface area contributed by atoms with E-state index in [0.29, 0.717) is 31.6 Å². The van der Waals surface area contributed by atoms with E-state index >= 15 is 0 Å². The number of rotatable bonds is 26. The number of amides is 1. The molecule has 1 heterocycles. The van der Waals surface area contributed by atoms with Crippen molar-refractivity contribution in [2.45, 2.75) is 148 Å². The van der Waals surface area contributed by atoms with Gasteiger partial charge in [-0.25, -0.2) is 0 Å². The first-order chi connectivity index (χ1) is 23.8. The molecule has 2 aromatic carbocycles. The Balaban J connectivity index is 1.30. The molecule has 2 aromatic rings. The van der Waals surface area contributed by atoms with Crippen molar-refractivity contribution in [1.29, 1.82) is 0 Å². The number of carbonyl (C=O) groups excluding carboxylic acids is 2. The van der Waals surface area contributed by atoms with Gasteiger partial charge in [-0.1, -0.05) is 101 Å². The van der Waals surface area contributed by atoms with Gasteiger partial charge in [-0.15, -0.1) is 0 Å². The molecule has 0 unspecified atom stereocenters. The van der Waals surface area contributed by atoms with Crippen LogP contribution in [0, 0.1) is 0 Å². The molecule has 1 saturated heterocycles. The number of epoxide rings is 1. The van der Waals surface area contributed by atoms with Gasteiger partial charge in [-0.3, -0.25) is 9.59 Å². The standard InChI is InChI=1S/C43H63NO5/c1-5-6-7-8-9-10-11-12-13-14-15-16-17-18-22-25-41(45)48-39(34-40-43(3,4)49-40)35(2)31-33-47-38-28-26-36(27-29-38)30-32-44-42(46)37-23-20-19-21-24-37/h12-13,19-21,23-24,26-29,31,39-40H,5-11,14-18,22,25,30,32-34H2,1-4H3,(H,44,46)/b13-12?,35-31+/t39-,40-/m1/s1. The van der Waals surface area contributed by atoms with Crippen molar-refractivity contribution >= 4 is 11.9 Å². The van der Waals surface area contributed by atoms with E-state index in [1.165, 1.54) is 57.8 Å². The summed E-state index contributed by atoms with van der Waals surface area (Å²) in [5, 5.41) is 2.97. The number of esters is 1. The lowest BCUT2D eigenvalue weighted by atomic mass is 10.0. The summed E-state index contributed by atoms with van der Waals surface area (Å²) >= 11 is 0. The van der Waals surface area contributed by atoms with Crippen molar-refractivity contribution in [3.63, 3.8) is 0 Å². The number of ether oxygens (including phenoxy) is 3. The first-order valence-corrected chi connectivity index (χ1v) is 19.0. The molecule has 6 nitrogen and oxygen atoms in total. The fourth-order valence-corrected chi connectivity index (χ4v) is 5.91. The van der Waals surface area contributed by atoms with Crippen molar-refractivity contribution in [1.82, 2.24) is 5.32 Å². The predicted molar refractivity (Wildman–Crippen MR) is 201 cm³/mol. The molecular formula is C43H63NO5. The van der Waals surface area contributed by atoms with Gasteiger partial charge < -0.3 is 19.5 Å². The average molecular weight is 674 g/mol. The highest BCUT2D eigenvalue weighted by Crippen LogP contribution is 2.39. The maximum atomic E-state index is 12.8. The Morgan fingerprint density at radius 2 is 1.47 bits per heavy atom. The minimum Gasteiger partial charge on any atom is -0.490 e. The molecular weight excluding hydrogens is 610 g/mol. The highest BCUT2D eigenvalue weighted by Gasteiger charge is 2.49. The normalized spacial score (nSPS) is 16.0. The number of allylic oxidation sites excluding steroid dienone is 2. The van der Waals surface area contributed by atoms with Crippen LogP contribution >= 0.6 is 0 Å². The van der Waals surface area contributed by atoms with E-state index in [2.05, 4.69) is 38.2 Å². The maximum Gasteiger partial charge on any atom is 0.306 e. The largest absolute Gasteiger partial charge is 0.490 e. The third-order valence-electron chi connectivity index (χ3n) is 9.33. The summed E-state index contributed by atoms with van der Waals surface area (Å²) in [7, 11) is 0. The van der Waals surface area contributed by atoms with Crippen LogP contribution in [0.4, 0.5) is 0 Å². The van der Waals surface area contributed by atoms with E-state index in [1.807, 2.05) is 67.6 Å². The average Bonchev–Trinajstić information content (AvgIpc) is 3.71. The Morgan fingerprint density at radius 3 is 2.10 bits per heavy atom. The molecule has 1 aliphatic heterocycles. The Morgan fingerprint density at radius 1 is 0.857 bits per heavy atom. The summed E-state index contributed by atoms with van der Waals surface area (Å²) in [6.45, 7) is 9.37. The van der Waals surface area contributed by atoms with E-state index in [4.69, 9.17) is 14.2 Å².